The molecule has 3 rings (SSSR count). The number of hydrogen-bond acceptors (Lipinski definition) is 6. The van der Waals surface area contributed by atoms with E-state index in [4.69, 9.17) is 16.3 Å². The summed E-state index contributed by atoms with van der Waals surface area (Å²) >= 11 is 7.87. The summed E-state index contributed by atoms with van der Waals surface area (Å²) in [7, 11) is 1.56. The van der Waals surface area contributed by atoms with Gasteiger partial charge in [0.1, 0.15) is 17.2 Å². The van der Waals surface area contributed by atoms with Gasteiger partial charge in [-0.2, -0.15) is 4.98 Å². The Morgan fingerprint density at radius 3 is 2.81 bits per heavy atom. The molecule has 0 radical (unpaired) electrons. The van der Waals surface area contributed by atoms with Crippen LogP contribution in [0.4, 0.5) is 0 Å². The van der Waals surface area contributed by atoms with E-state index in [9.17, 15) is 0 Å². The van der Waals surface area contributed by atoms with Crippen LogP contribution in [0.15, 0.2) is 11.7 Å². The van der Waals surface area contributed by atoms with Crippen molar-refractivity contribution < 1.29 is 4.74 Å². The SMILES string of the molecule is COc1ncnc2c1nc(C(C)Cl)n2Cc1nc(C)cs1. The van der Waals surface area contributed by atoms with Gasteiger partial charge >= 0.3 is 0 Å². The highest BCUT2D eigenvalue weighted by molar-refractivity contribution is 7.09. The average molecular weight is 324 g/mol. The largest absolute Gasteiger partial charge is 0.479 e. The lowest BCUT2D eigenvalue weighted by atomic mass is 10.4. The van der Waals surface area contributed by atoms with Crippen molar-refractivity contribution in [3.8, 4) is 5.88 Å². The number of aryl methyl sites for hydroxylation is 1. The average Bonchev–Trinajstić information content (AvgIpc) is 3.03. The van der Waals surface area contributed by atoms with Gasteiger partial charge in [-0.3, -0.25) is 0 Å². The molecular weight excluding hydrogens is 310 g/mol. The van der Waals surface area contributed by atoms with Crippen LogP contribution in [0.5, 0.6) is 5.88 Å². The van der Waals surface area contributed by atoms with E-state index in [1.807, 2.05) is 23.8 Å². The van der Waals surface area contributed by atoms with E-state index >= 15 is 0 Å². The predicted molar refractivity (Wildman–Crippen MR) is 82.1 cm³/mol. The number of halogens is 1. The van der Waals surface area contributed by atoms with Crippen LogP contribution in [0.3, 0.4) is 0 Å². The van der Waals surface area contributed by atoms with E-state index in [-0.39, 0.29) is 5.38 Å². The Morgan fingerprint density at radius 2 is 2.19 bits per heavy atom. The zero-order valence-corrected chi connectivity index (χ0v) is 13.4. The monoisotopic (exact) mass is 323 g/mol. The van der Waals surface area contributed by atoms with Gasteiger partial charge in [0.05, 0.1) is 19.0 Å². The molecule has 0 aliphatic rings. The van der Waals surface area contributed by atoms with Crippen LogP contribution in [0.1, 0.15) is 28.8 Å². The number of nitrogens with zero attached hydrogens (tertiary/aromatic N) is 5. The molecule has 3 aromatic heterocycles. The molecule has 0 saturated heterocycles. The quantitative estimate of drug-likeness (QED) is 0.691. The molecule has 8 heteroatoms. The molecule has 0 amide bonds. The van der Waals surface area contributed by atoms with Crippen LogP contribution >= 0.6 is 22.9 Å². The summed E-state index contributed by atoms with van der Waals surface area (Å²) in [5, 5.41) is 2.77. The number of alkyl halides is 1. The molecular formula is C13H14ClN5OS. The maximum Gasteiger partial charge on any atom is 0.245 e. The highest BCUT2D eigenvalue weighted by Crippen LogP contribution is 2.28. The summed E-state index contributed by atoms with van der Waals surface area (Å²) in [6.07, 6.45) is 1.47. The number of rotatable bonds is 4. The van der Waals surface area contributed by atoms with Crippen molar-refractivity contribution in [1.82, 2.24) is 24.5 Å². The molecule has 6 nitrogen and oxygen atoms in total. The number of aromatic nitrogens is 5. The highest BCUT2D eigenvalue weighted by Gasteiger charge is 2.20. The standard InChI is InChI=1S/C13H14ClN5OS/c1-7-5-21-9(17-7)4-19-11(8(2)14)18-10-12(19)15-6-16-13(10)20-3/h5-6,8H,4H2,1-3H3. The predicted octanol–water partition coefficient (Wildman–Crippen LogP) is 2.95. The Balaban J connectivity index is 2.16. The van der Waals surface area contributed by atoms with Gasteiger partial charge in [0.25, 0.3) is 0 Å². The van der Waals surface area contributed by atoms with Crippen LogP contribution in [-0.4, -0.2) is 31.6 Å². The first-order valence-corrected chi connectivity index (χ1v) is 7.72. The van der Waals surface area contributed by atoms with Gasteiger partial charge in [-0.05, 0) is 13.8 Å². The van der Waals surface area contributed by atoms with Gasteiger partial charge in [0.2, 0.25) is 5.88 Å². The topological polar surface area (TPSA) is 65.7 Å². The number of ether oxygens (including phenoxy) is 1. The van der Waals surface area contributed by atoms with Crippen molar-refractivity contribution in [3.05, 3.63) is 28.2 Å². The van der Waals surface area contributed by atoms with Crippen LogP contribution in [0.25, 0.3) is 11.2 Å². The van der Waals surface area contributed by atoms with Crippen molar-refractivity contribution in [1.29, 1.82) is 0 Å². The fraction of sp³-hybridized carbons (Fsp3) is 0.385. The van der Waals surface area contributed by atoms with Gasteiger partial charge < -0.3 is 9.30 Å². The molecule has 1 atom stereocenters. The van der Waals surface area contributed by atoms with Crippen LogP contribution < -0.4 is 4.74 Å². The molecule has 0 saturated carbocycles. The first kappa shape index (κ1) is 14.2. The molecule has 3 heterocycles. The summed E-state index contributed by atoms with van der Waals surface area (Å²) in [5.41, 5.74) is 2.33. The molecule has 3 aromatic rings. The van der Waals surface area contributed by atoms with Gasteiger partial charge in [0.15, 0.2) is 11.2 Å². The summed E-state index contributed by atoms with van der Waals surface area (Å²) in [4.78, 5) is 17.4. The summed E-state index contributed by atoms with van der Waals surface area (Å²) in [6.45, 7) is 4.44. The molecule has 1 unspecified atom stereocenters. The lowest BCUT2D eigenvalue weighted by Gasteiger charge is -2.07. The smallest absolute Gasteiger partial charge is 0.245 e. The Labute approximate surface area is 130 Å². The highest BCUT2D eigenvalue weighted by atomic mass is 35.5. The lowest BCUT2D eigenvalue weighted by Crippen LogP contribution is -2.06. The van der Waals surface area contributed by atoms with Crippen molar-refractivity contribution in [2.45, 2.75) is 25.8 Å². The third-order valence-corrected chi connectivity index (χ3v) is 4.18. The van der Waals surface area contributed by atoms with Crippen LogP contribution in [0, 0.1) is 6.92 Å². The van der Waals surface area contributed by atoms with E-state index in [1.165, 1.54) is 6.33 Å². The zero-order valence-electron chi connectivity index (χ0n) is 11.9. The van der Waals surface area contributed by atoms with Crippen molar-refractivity contribution in [2.24, 2.45) is 0 Å². The minimum absolute atomic E-state index is 0.245. The lowest BCUT2D eigenvalue weighted by molar-refractivity contribution is 0.401. The van der Waals surface area contributed by atoms with Gasteiger partial charge in [0, 0.05) is 11.1 Å². The number of methoxy groups -OCH3 is 1. The normalized spacial score (nSPS) is 12.8. The maximum atomic E-state index is 6.26. The van der Waals surface area contributed by atoms with E-state index in [1.54, 1.807) is 18.4 Å². The molecule has 0 spiro atoms. The number of imidazole rings is 1. The minimum atomic E-state index is -0.245. The number of hydrogen-bond donors (Lipinski definition) is 0. The molecule has 0 aliphatic carbocycles. The van der Waals surface area contributed by atoms with Gasteiger partial charge in [-0.1, -0.05) is 0 Å². The molecule has 21 heavy (non-hydrogen) atoms. The Hall–Kier alpha value is -1.73. The third-order valence-electron chi connectivity index (χ3n) is 3.04. The van der Waals surface area contributed by atoms with Crippen molar-refractivity contribution in [2.75, 3.05) is 7.11 Å². The molecule has 0 N–H and O–H groups in total. The second-order valence-corrected chi connectivity index (χ2v) is 6.21. The first-order valence-electron chi connectivity index (χ1n) is 6.40. The molecule has 0 bridgehead atoms. The Morgan fingerprint density at radius 1 is 1.38 bits per heavy atom. The molecule has 0 aromatic carbocycles. The maximum absolute atomic E-state index is 6.26. The second kappa shape index (κ2) is 5.57. The fourth-order valence-electron chi connectivity index (χ4n) is 2.15. The summed E-state index contributed by atoms with van der Waals surface area (Å²) in [6, 6.07) is 0. The van der Waals surface area contributed by atoms with Crippen molar-refractivity contribution in [3.63, 3.8) is 0 Å². The van der Waals surface area contributed by atoms with E-state index in [0.717, 1.165) is 16.5 Å². The molecule has 0 aliphatic heterocycles. The van der Waals surface area contributed by atoms with Crippen molar-refractivity contribution >= 4 is 34.1 Å². The fourth-order valence-corrected chi connectivity index (χ4v) is 3.08. The van der Waals surface area contributed by atoms with Crippen LogP contribution in [0.2, 0.25) is 0 Å². The number of fused-ring (bicyclic) bond motifs is 1. The minimum Gasteiger partial charge on any atom is -0.479 e. The molecule has 0 fully saturated rings. The molecule has 110 valence electrons. The van der Waals surface area contributed by atoms with Gasteiger partial charge in [-0.15, -0.1) is 22.9 Å². The van der Waals surface area contributed by atoms with Crippen LogP contribution in [-0.2, 0) is 6.54 Å². The first-order chi connectivity index (χ1) is 10.1. The Kier molecular flexibility index (Phi) is 3.77. The van der Waals surface area contributed by atoms with E-state index in [2.05, 4.69) is 19.9 Å². The summed E-state index contributed by atoms with van der Waals surface area (Å²) < 4.78 is 7.21. The van der Waals surface area contributed by atoms with E-state index < -0.39 is 0 Å². The van der Waals surface area contributed by atoms with Gasteiger partial charge in [-0.25, -0.2) is 15.0 Å². The summed E-state index contributed by atoms with van der Waals surface area (Å²) in [5.74, 6) is 1.19. The number of thiazole rings is 1. The second-order valence-electron chi connectivity index (χ2n) is 4.61. The third kappa shape index (κ3) is 2.58. The zero-order chi connectivity index (χ0) is 15.0. The van der Waals surface area contributed by atoms with E-state index in [0.29, 0.717) is 23.6 Å². The Bertz CT molecular complexity index is 782.